The SMILES string of the molecule is Nc1ccsc1C(=O)NCC1(CO)CCCC1. The van der Waals surface area contributed by atoms with Gasteiger partial charge in [-0.15, -0.1) is 11.3 Å². The van der Waals surface area contributed by atoms with Gasteiger partial charge in [-0.3, -0.25) is 4.79 Å². The van der Waals surface area contributed by atoms with E-state index in [1.807, 2.05) is 5.38 Å². The smallest absolute Gasteiger partial charge is 0.263 e. The van der Waals surface area contributed by atoms with Gasteiger partial charge in [0.2, 0.25) is 0 Å². The summed E-state index contributed by atoms with van der Waals surface area (Å²) >= 11 is 1.35. The highest BCUT2D eigenvalue weighted by atomic mass is 32.1. The van der Waals surface area contributed by atoms with E-state index < -0.39 is 0 Å². The number of nitrogen functional groups attached to an aromatic ring is 1. The molecule has 0 atom stereocenters. The fourth-order valence-corrected chi connectivity index (χ4v) is 3.10. The van der Waals surface area contributed by atoms with Crippen molar-refractivity contribution in [2.24, 2.45) is 5.41 Å². The highest BCUT2D eigenvalue weighted by molar-refractivity contribution is 7.12. The molecule has 1 amide bonds. The summed E-state index contributed by atoms with van der Waals surface area (Å²) in [5.74, 6) is -0.128. The summed E-state index contributed by atoms with van der Waals surface area (Å²) in [6.07, 6.45) is 4.25. The van der Waals surface area contributed by atoms with E-state index in [-0.39, 0.29) is 17.9 Å². The Morgan fingerprint density at radius 3 is 2.76 bits per heavy atom. The Labute approximate surface area is 105 Å². The molecule has 4 nitrogen and oxygen atoms in total. The molecule has 1 fully saturated rings. The minimum Gasteiger partial charge on any atom is -0.397 e. The fourth-order valence-electron chi connectivity index (χ4n) is 2.37. The summed E-state index contributed by atoms with van der Waals surface area (Å²) in [5, 5.41) is 14.1. The first kappa shape index (κ1) is 12.4. The Morgan fingerprint density at radius 1 is 1.53 bits per heavy atom. The zero-order chi connectivity index (χ0) is 12.3. The maximum absolute atomic E-state index is 11.9. The first-order valence-electron chi connectivity index (χ1n) is 5.89. The first-order valence-corrected chi connectivity index (χ1v) is 6.77. The molecular formula is C12H18N2O2S. The molecule has 1 aliphatic carbocycles. The van der Waals surface area contributed by atoms with Crippen LogP contribution in [0.4, 0.5) is 5.69 Å². The fraction of sp³-hybridized carbons (Fsp3) is 0.583. The first-order chi connectivity index (χ1) is 8.17. The molecule has 5 heteroatoms. The molecule has 1 aromatic heterocycles. The molecule has 94 valence electrons. The van der Waals surface area contributed by atoms with Crippen LogP contribution in [0.15, 0.2) is 11.4 Å². The van der Waals surface area contributed by atoms with Gasteiger partial charge < -0.3 is 16.2 Å². The van der Waals surface area contributed by atoms with Gasteiger partial charge in [0.1, 0.15) is 4.88 Å². The predicted molar refractivity (Wildman–Crippen MR) is 69.1 cm³/mol. The van der Waals surface area contributed by atoms with Crippen LogP contribution in [-0.4, -0.2) is 24.2 Å². The van der Waals surface area contributed by atoms with Crippen molar-refractivity contribution >= 4 is 22.9 Å². The minimum absolute atomic E-state index is 0.109. The monoisotopic (exact) mass is 254 g/mol. The van der Waals surface area contributed by atoms with E-state index in [0.717, 1.165) is 25.7 Å². The Bertz CT molecular complexity index is 397. The quantitative estimate of drug-likeness (QED) is 0.764. The van der Waals surface area contributed by atoms with Crippen molar-refractivity contribution in [3.8, 4) is 0 Å². The maximum Gasteiger partial charge on any atom is 0.263 e. The zero-order valence-corrected chi connectivity index (χ0v) is 10.6. The molecule has 1 aromatic rings. The largest absolute Gasteiger partial charge is 0.397 e. The summed E-state index contributed by atoms with van der Waals surface area (Å²) in [4.78, 5) is 12.4. The van der Waals surface area contributed by atoms with Crippen LogP contribution in [0.3, 0.4) is 0 Å². The summed E-state index contributed by atoms with van der Waals surface area (Å²) in [5.41, 5.74) is 6.11. The summed E-state index contributed by atoms with van der Waals surface area (Å²) in [6, 6.07) is 1.73. The predicted octanol–water partition coefficient (Wildman–Crippen LogP) is 1.61. The molecule has 0 unspecified atom stereocenters. The number of rotatable bonds is 4. The van der Waals surface area contributed by atoms with Crippen molar-refractivity contribution in [3.63, 3.8) is 0 Å². The summed E-state index contributed by atoms with van der Waals surface area (Å²) in [6.45, 7) is 0.687. The molecular weight excluding hydrogens is 236 g/mol. The molecule has 0 saturated heterocycles. The van der Waals surface area contributed by atoms with Gasteiger partial charge in [0.15, 0.2) is 0 Å². The van der Waals surface area contributed by atoms with Crippen LogP contribution in [0.1, 0.15) is 35.4 Å². The lowest BCUT2D eigenvalue weighted by molar-refractivity contribution is 0.0885. The number of thiophene rings is 1. The van der Waals surface area contributed by atoms with Crippen LogP contribution in [-0.2, 0) is 0 Å². The molecule has 1 aliphatic rings. The third kappa shape index (κ3) is 2.61. The van der Waals surface area contributed by atoms with Crippen molar-refractivity contribution < 1.29 is 9.90 Å². The number of aliphatic hydroxyl groups excluding tert-OH is 1. The van der Waals surface area contributed by atoms with Crippen molar-refractivity contribution in [3.05, 3.63) is 16.3 Å². The lowest BCUT2D eigenvalue weighted by Gasteiger charge is -2.26. The summed E-state index contributed by atoms with van der Waals surface area (Å²) in [7, 11) is 0. The van der Waals surface area contributed by atoms with Gasteiger partial charge >= 0.3 is 0 Å². The standard InChI is InChI=1S/C12H18N2O2S/c13-9-3-6-17-10(9)11(16)14-7-12(8-15)4-1-2-5-12/h3,6,15H,1-2,4-5,7-8,13H2,(H,14,16). The highest BCUT2D eigenvalue weighted by Crippen LogP contribution is 2.37. The minimum atomic E-state index is -0.128. The van der Waals surface area contributed by atoms with E-state index in [9.17, 15) is 9.90 Å². The number of hydrogen-bond acceptors (Lipinski definition) is 4. The number of aliphatic hydroxyl groups is 1. The van der Waals surface area contributed by atoms with Crippen LogP contribution in [0.2, 0.25) is 0 Å². The number of nitrogens with two attached hydrogens (primary N) is 1. The second kappa shape index (κ2) is 5.06. The molecule has 17 heavy (non-hydrogen) atoms. The van der Waals surface area contributed by atoms with Crippen LogP contribution < -0.4 is 11.1 Å². The van der Waals surface area contributed by atoms with E-state index in [1.54, 1.807) is 6.07 Å². The Hall–Kier alpha value is -1.07. The van der Waals surface area contributed by atoms with Gasteiger partial charge in [-0.25, -0.2) is 0 Å². The van der Waals surface area contributed by atoms with Crippen molar-refractivity contribution in [2.45, 2.75) is 25.7 Å². The van der Waals surface area contributed by atoms with Gasteiger partial charge in [-0.05, 0) is 24.3 Å². The molecule has 4 N–H and O–H groups in total. The van der Waals surface area contributed by atoms with Gasteiger partial charge in [-0.2, -0.15) is 0 Å². The van der Waals surface area contributed by atoms with Crippen LogP contribution in [0.25, 0.3) is 0 Å². The van der Waals surface area contributed by atoms with Gasteiger partial charge in [-0.1, -0.05) is 12.8 Å². The molecule has 0 spiro atoms. The van der Waals surface area contributed by atoms with E-state index in [0.29, 0.717) is 17.1 Å². The number of carbonyl (C=O) groups is 1. The van der Waals surface area contributed by atoms with E-state index in [4.69, 9.17) is 5.73 Å². The average Bonchev–Trinajstić information content (AvgIpc) is 2.95. The Kier molecular flexibility index (Phi) is 3.69. The van der Waals surface area contributed by atoms with Gasteiger partial charge in [0.05, 0.1) is 12.3 Å². The normalized spacial score (nSPS) is 18.2. The molecule has 0 radical (unpaired) electrons. The number of amides is 1. The van der Waals surface area contributed by atoms with E-state index in [1.165, 1.54) is 11.3 Å². The maximum atomic E-state index is 11.9. The number of nitrogens with one attached hydrogen (secondary N) is 1. The van der Waals surface area contributed by atoms with Crippen LogP contribution in [0.5, 0.6) is 0 Å². The Balaban J connectivity index is 1.94. The highest BCUT2D eigenvalue weighted by Gasteiger charge is 2.33. The molecule has 2 rings (SSSR count). The van der Waals surface area contributed by atoms with Gasteiger partial charge in [0, 0.05) is 12.0 Å². The average molecular weight is 254 g/mol. The number of hydrogen-bond donors (Lipinski definition) is 3. The molecule has 0 bridgehead atoms. The Morgan fingerprint density at radius 2 is 2.24 bits per heavy atom. The third-order valence-electron chi connectivity index (χ3n) is 3.53. The van der Waals surface area contributed by atoms with Crippen LogP contribution >= 0.6 is 11.3 Å². The van der Waals surface area contributed by atoms with E-state index in [2.05, 4.69) is 5.32 Å². The second-order valence-electron chi connectivity index (χ2n) is 4.75. The lowest BCUT2D eigenvalue weighted by atomic mass is 9.87. The third-order valence-corrected chi connectivity index (χ3v) is 4.45. The van der Waals surface area contributed by atoms with Crippen molar-refractivity contribution in [1.29, 1.82) is 0 Å². The summed E-state index contributed by atoms with van der Waals surface area (Å²) < 4.78 is 0. The topological polar surface area (TPSA) is 75.4 Å². The van der Waals surface area contributed by atoms with E-state index >= 15 is 0 Å². The molecule has 0 aromatic carbocycles. The van der Waals surface area contributed by atoms with Crippen molar-refractivity contribution in [2.75, 3.05) is 18.9 Å². The number of carbonyl (C=O) groups excluding carboxylic acids is 1. The van der Waals surface area contributed by atoms with Crippen molar-refractivity contribution in [1.82, 2.24) is 5.32 Å². The number of anilines is 1. The molecule has 1 saturated carbocycles. The molecule has 1 heterocycles. The molecule has 0 aliphatic heterocycles. The van der Waals surface area contributed by atoms with Gasteiger partial charge in [0.25, 0.3) is 5.91 Å². The van der Waals surface area contributed by atoms with Crippen LogP contribution in [0, 0.1) is 5.41 Å². The second-order valence-corrected chi connectivity index (χ2v) is 5.67. The zero-order valence-electron chi connectivity index (χ0n) is 9.74. The lowest BCUT2D eigenvalue weighted by Crippen LogP contribution is -2.38.